The number of hydrogen-bond acceptors (Lipinski definition) is 3. The lowest BCUT2D eigenvalue weighted by atomic mass is 10.5. The van der Waals surface area contributed by atoms with Gasteiger partial charge in [0.1, 0.15) is 6.73 Å². The molecular weight excluding hydrogens is 122 g/mol. The molecule has 0 atom stereocenters. The normalized spacial score (nSPS) is 8.56. The van der Waals surface area contributed by atoms with Crippen LogP contribution in [0.25, 0.3) is 0 Å². The van der Waals surface area contributed by atoms with Crippen LogP contribution in [0.2, 0.25) is 0 Å². The third-order valence-electron chi connectivity index (χ3n) is 0.639. The lowest BCUT2D eigenvalue weighted by Gasteiger charge is -1.99. The molecule has 4 heteroatoms. The number of ether oxygens (including phenoxy) is 1. The predicted octanol–water partition coefficient (Wildman–Crippen LogP) is -0.222. The number of carbonyl (C=O) groups excluding carboxylic acids is 1. The molecule has 4 nitrogen and oxygen atoms in total. The molecule has 0 aliphatic carbocycles. The third-order valence-corrected chi connectivity index (χ3v) is 0.639. The van der Waals surface area contributed by atoms with E-state index in [2.05, 4.69) is 16.6 Å². The summed E-state index contributed by atoms with van der Waals surface area (Å²) in [6.45, 7) is 3.08. The number of methoxy groups -OCH3 is 1. The summed E-state index contributed by atoms with van der Waals surface area (Å²) in [6, 6.07) is 0. The van der Waals surface area contributed by atoms with Crippen molar-refractivity contribution in [2.45, 2.75) is 0 Å². The zero-order valence-electron chi connectivity index (χ0n) is 5.18. The highest BCUT2D eigenvalue weighted by molar-refractivity contribution is 5.90. The van der Waals surface area contributed by atoms with Crippen molar-refractivity contribution in [3.05, 3.63) is 12.3 Å². The van der Waals surface area contributed by atoms with E-state index in [1.165, 1.54) is 7.11 Å². The van der Waals surface area contributed by atoms with Crippen LogP contribution in [0.4, 0.5) is 0 Å². The molecule has 0 heterocycles. The van der Waals surface area contributed by atoms with Gasteiger partial charge in [0.25, 0.3) is 5.91 Å². The Balaban J connectivity index is 3.39. The molecule has 0 rings (SSSR count). The van der Waals surface area contributed by atoms with E-state index >= 15 is 0 Å². The molecule has 2 N–H and O–H groups in total. The number of rotatable bonds is 3. The van der Waals surface area contributed by atoms with Gasteiger partial charge in [-0.05, 0) is 0 Å². The molecule has 0 spiro atoms. The van der Waals surface area contributed by atoms with Crippen LogP contribution in [0.3, 0.4) is 0 Å². The minimum Gasteiger partial charge on any atom is -0.503 e. The lowest BCUT2D eigenvalue weighted by molar-refractivity contribution is -0.121. The van der Waals surface area contributed by atoms with Gasteiger partial charge in [0.2, 0.25) is 0 Å². The smallest absolute Gasteiger partial charge is 0.287 e. The summed E-state index contributed by atoms with van der Waals surface area (Å²) in [6.07, 6.45) is 0. The summed E-state index contributed by atoms with van der Waals surface area (Å²) < 4.78 is 4.48. The fourth-order valence-corrected chi connectivity index (χ4v) is 0.240. The summed E-state index contributed by atoms with van der Waals surface area (Å²) in [5, 5.41) is 10.6. The van der Waals surface area contributed by atoms with E-state index in [1.54, 1.807) is 0 Å². The second kappa shape index (κ2) is 3.91. The molecule has 0 aromatic heterocycles. The zero-order chi connectivity index (χ0) is 7.28. The first-order chi connectivity index (χ1) is 4.18. The van der Waals surface area contributed by atoms with Crippen LogP contribution in [0.5, 0.6) is 0 Å². The summed E-state index contributed by atoms with van der Waals surface area (Å²) in [4.78, 5) is 10.4. The summed E-state index contributed by atoms with van der Waals surface area (Å²) in [7, 11) is 1.43. The molecule has 0 bridgehead atoms. The summed E-state index contributed by atoms with van der Waals surface area (Å²) in [5.74, 6) is -1.12. The highest BCUT2D eigenvalue weighted by atomic mass is 16.5. The molecule has 0 aromatic carbocycles. The highest BCUT2D eigenvalue weighted by Crippen LogP contribution is 1.78. The average Bonchev–Trinajstić information content (AvgIpc) is 1.82. The first-order valence-corrected chi connectivity index (χ1v) is 2.33. The Bertz CT molecular complexity index is 121. The molecular formula is C5H9NO3. The SMILES string of the molecule is C=C(O)C(=O)NCOC. The van der Waals surface area contributed by atoms with Crippen LogP contribution in [0.1, 0.15) is 0 Å². The molecule has 0 saturated carbocycles. The van der Waals surface area contributed by atoms with Gasteiger partial charge >= 0.3 is 0 Å². The quantitative estimate of drug-likeness (QED) is 0.316. The zero-order valence-corrected chi connectivity index (χ0v) is 5.18. The van der Waals surface area contributed by atoms with Gasteiger partial charge in [-0.15, -0.1) is 0 Å². The number of aliphatic hydroxyl groups excluding tert-OH is 1. The van der Waals surface area contributed by atoms with Crippen molar-refractivity contribution in [3.8, 4) is 0 Å². The number of carbonyl (C=O) groups is 1. The first-order valence-electron chi connectivity index (χ1n) is 2.33. The standard InChI is InChI=1S/C5H9NO3/c1-4(7)5(8)6-3-9-2/h7H,1,3H2,2H3,(H,6,8). The molecule has 52 valence electrons. The van der Waals surface area contributed by atoms with Crippen molar-refractivity contribution in [3.63, 3.8) is 0 Å². The molecule has 0 aromatic rings. The van der Waals surface area contributed by atoms with Gasteiger partial charge in [0.15, 0.2) is 5.76 Å². The maximum absolute atomic E-state index is 10.4. The van der Waals surface area contributed by atoms with Gasteiger partial charge in [-0.3, -0.25) is 4.79 Å². The van der Waals surface area contributed by atoms with Crippen LogP contribution in [0, 0.1) is 0 Å². The number of aliphatic hydroxyl groups is 1. The fraction of sp³-hybridized carbons (Fsp3) is 0.400. The second-order valence-electron chi connectivity index (χ2n) is 1.39. The van der Waals surface area contributed by atoms with Crippen LogP contribution in [-0.2, 0) is 9.53 Å². The van der Waals surface area contributed by atoms with E-state index in [4.69, 9.17) is 5.11 Å². The molecule has 0 fully saturated rings. The summed E-state index contributed by atoms with van der Waals surface area (Å²) >= 11 is 0. The minimum absolute atomic E-state index is 0.0818. The lowest BCUT2D eigenvalue weighted by Crippen LogP contribution is -2.26. The van der Waals surface area contributed by atoms with Crippen LogP contribution in [0.15, 0.2) is 12.3 Å². The monoisotopic (exact) mass is 131 g/mol. The average molecular weight is 131 g/mol. The number of hydrogen-bond donors (Lipinski definition) is 2. The molecule has 0 aliphatic heterocycles. The Morgan fingerprint density at radius 3 is 2.78 bits per heavy atom. The molecule has 9 heavy (non-hydrogen) atoms. The van der Waals surface area contributed by atoms with Gasteiger partial charge in [-0.25, -0.2) is 0 Å². The van der Waals surface area contributed by atoms with Crippen molar-refractivity contribution in [1.82, 2.24) is 5.32 Å². The molecule has 0 unspecified atom stereocenters. The van der Waals surface area contributed by atoms with E-state index in [-0.39, 0.29) is 6.73 Å². The van der Waals surface area contributed by atoms with E-state index < -0.39 is 11.7 Å². The molecule has 0 aliphatic rings. The molecule has 0 saturated heterocycles. The Morgan fingerprint density at radius 1 is 1.89 bits per heavy atom. The van der Waals surface area contributed by atoms with Crippen molar-refractivity contribution >= 4 is 5.91 Å². The van der Waals surface area contributed by atoms with Gasteiger partial charge in [-0.1, -0.05) is 6.58 Å². The Morgan fingerprint density at radius 2 is 2.44 bits per heavy atom. The minimum atomic E-state index is -0.614. The third kappa shape index (κ3) is 3.54. The number of amides is 1. The Kier molecular flexibility index (Phi) is 3.46. The van der Waals surface area contributed by atoms with Gasteiger partial charge < -0.3 is 15.2 Å². The van der Waals surface area contributed by atoms with Crippen molar-refractivity contribution in [2.75, 3.05) is 13.8 Å². The topological polar surface area (TPSA) is 58.6 Å². The molecule has 1 amide bonds. The number of nitrogens with one attached hydrogen (secondary N) is 1. The van der Waals surface area contributed by atoms with E-state index in [1.807, 2.05) is 0 Å². The first kappa shape index (κ1) is 7.97. The highest BCUT2D eigenvalue weighted by Gasteiger charge is 2.00. The second-order valence-corrected chi connectivity index (χ2v) is 1.39. The van der Waals surface area contributed by atoms with Crippen molar-refractivity contribution in [2.24, 2.45) is 0 Å². The Hall–Kier alpha value is -1.03. The van der Waals surface area contributed by atoms with Crippen molar-refractivity contribution < 1.29 is 14.6 Å². The van der Waals surface area contributed by atoms with E-state index in [0.29, 0.717) is 0 Å². The summed E-state index contributed by atoms with van der Waals surface area (Å²) in [5.41, 5.74) is 0. The van der Waals surface area contributed by atoms with E-state index in [9.17, 15) is 4.79 Å². The maximum Gasteiger partial charge on any atom is 0.287 e. The largest absolute Gasteiger partial charge is 0.503 e. The fourth-order valence-electron chi connectivity index (χ4n) is 0.240. The van der Waals surface area contributed by atoms with Crippen LogP contribution < -0.4 is 5.32 Å². The van der Waals surface area contributed by atoms with Gasteiger partial charge in [0.05, 0.1) is 0 Å². The van der Waals surface area contributed by atoms with E-state index in [0.717, 1.165) is 0 Å². The van der Waals surface area contributed by atoms with Gasteiger partial charge in [-0.2, -0.15) is 0 Å². The van der Waals surface area contributed by atoms with Gasteiger partial charge in [0, 0.05) is 7.11 Å². The maximum atomic E-state index is 10.4. The molecule has 0 radical (unpaired) electrons. The predicted molar refractivity (Wildman–Crippen MR) is 31.8 cm³/mol. The van der Waals surface area contributed by atoms with Crippen LogP contribution >= 0.6 is 0 Å². The van der Waals surface area contributed by atoms with Crippen molar-refractivity contribution in [1.29, 1.82) is 0 Å². The Labute approximate surface area is 53.1 Å². The van der Waals surface area contributed by atoms with Crippen LogP contribution in [-0.4, -0.2) is 24.9 Å².